The molecule has 1 fully saturated rings. The Labute approximate surface area is 146 Å². The second-order valence-corrected chi connectivity index (χ2v) is 7.36. The van der Waals surface area contributed by atoms with E-state index >= 15 is 0 Å². The van der Waals surface area contributed by atoms with Gasteiger partial charge in [-0.3, -0.25) is 9.69 Å². The van der Waals surface area contributed by atoms with E-state index in [0.717, 1.165) is 37.0 Å². The van der Waals surface area contributed by atoms with Crippen molar-refractivity contribution in [3.8, 4) is 5.75 Å². The summed E-state index contributed by atoms with van der Waals surface area (Å²) in [5.74, 6) is -0.579. The summed E-state index contributed by atoms with van der Waals surface area (Å²) in [4.78, 5) is 25.9. The second kappa shape index (κ2) is 7.89. The molecule has 0 spiro atoms. The zero-order valence-electron chi connectivity index (χ0n) is 14.2. The summed E-state index contributed by atoms with van der Waals surface area (Å²) in [6.45, 7) is 3.87. The number of hydrogen-bond acceptors (Lipinski definition) is 7. The number of likely N-dealkylation sites (tertiary alicyclic amines) is 1. The van der Waals surface area contributed by atoms with Gasteiger partial charge in [0.15, 0.2) is 0 Å². The number of likely N-dealkylation sites (N-methyl/N-ethyl adjacent to an activating group) is 1. The number of ether oxygens (including phenoxy) is 1. The molecule has 0 bridgehead atoms. The van der Waals surface area contributed by atoms with Crippen LogP contribution in [0.1, 0.15) is 30.1 Å². The zero-order chi connectivity index (χ0) is 18.6. The van der Waals surface area contributed by atoms with E-state index in [2.05, 4.69) is 10.2 Å². The molecule has 1 amide bonds. The third-order valence-electron chi connectivity index (χ3n) is 4.35. The van der Waals surface area contributed by atoms with Gasteiger partial charge in [-0.05, 0) is 44.1 Å². The van der Waals surface area contributed by atoms with Crippen molar-refractivity contribution >= 4 is 15.9 Å². The number of carbonyl (C=O) groups is 1. The van der Waals surface area contributed by atoms with E-state index in [1.165, 1.54) is 19.2 Å². The van der Waals surface area contributed by atoms with Crippen molar-refractivity contribution in [3.63, 3.8) is 0 Å². The molecule has 1 heterocycles. The standard InChI is InChI=1S/C15H22N4O5S/c1-3-18-8-4-5-11(18)10-19(17-21)15(20)13-9-12(25(16,22)23)6-7-14(13)24-2/h6-7,9,11H,3-5,8,10H2,1-2H3,(H2,16,22,23). The number of nitrogens with zero attached hydrogens (tertiary/aromatic N) is 3. The van der Waals surface area contributed by atoms with E-state index in [0.29, 0.717) is 0 Å². The van der Waals surface area contributed by atoms with E-state index in [4.69, 9.17) is 9.88 Å². The van der Waals surface area contributed by atoms with Crippen LogP contribution in [0.2, 0.25) is 0 Å². The highest BCUT2D eigenvalue weighted by molar-refractivity contribution is 7.89. The van der Waals surface area contributed by atoms with Gasteiger partial charge in [0.1, 0.15) is 5.75 Å². The molecule has 1 saturated heterocycles. The molecule has 0 aliphatic carbocycles. The molecule has 1 aromatic carbocycles. The first-order chi connectivity index (χ1) is 11.8. The summed E-state index contributed by atoms with van der Waals surface area (Å²) in [6, 6.07) is 3.70. The lowest BCUT2D eigenvalue weighted by molar-refractivity contribution is 0.0705. The summed E-state index contributed by atoms with van der Waals surface area (Å²) in [7, 11) is -2.65. The van der Waals surface area contributed by atoms with Gasteiger partial charge < -0.3 is 4.74 Å². The fraction of sp³-hybridized carbons (Fsp3) is 0.533. The van der Waals surface area contributed by atoms with Crippen LogP contribution in [0, 0.1) is 4.91 Å². The van der Waals surface area contributed by atoms with Gasteiger partial charge >= 0.3 is 0 Å². The fourth-order valence-electron chi connectivity index (χ4n) is 3.04. The van der Waals surface area contributed by atoms with Crippen LogP contribution in [0.5, 0.6) is 5.75 Å². The topological polar surface area (TPSA) is 122 Å². The van der Waals surface area contributed by atoms with E-state index in [1.807, 2.05) is 6.92 Å². The van der Waals surface area contributed by atoms with Crippen molar-refractivity contribution in [2.75, 3.05) is 26.7 Å². The first-order valence-corrected chi connectivity index (χ1v) is 9.46. The molecule has 138 valence electrons. The van der Waals surface area contributed by atoms with Crippen LogP contribution in [-0.2, 0) is 10.0 Å². The minimum absolute atomic E-state index is 0.0408. The van der Waals surface area contributed by atoms with Crippen molar-refractivity contribution in [2.45, 2.75) is 30.7 Å². The number of nitroso groups, excluding NO2 is 1. The second-order valence-electron chi connectivity index (χ2n) is 5.80. The summed E-state index contributed by atoms with van der Waals surface area (Å²) >= 11 is 0. The highest BCUT2D eigenvalue weighted by Gasteiger charge is 2.30. The molecule has 0 aromatic heterocycles. The molecule has 1 atom stereocenters. The van der Waals surface area contributed by atoms with E-state index in [-0.39, 0.29) is 28.8 Å². The third kappa shape index (κ3) is 4.33. The lowest BCUT2D eigenvalue weighted by Crippen LogP contribution is -2.40. The first-order valence-electron chi connectivity index (χ1n) is 7.91. The molecule has 2 N–H and O–H groups in total. The minimum Gasteiger partial charge on any atom is -0.496 e. The van der Waals surface area contributed by atoms with Gasteiger partial charge in [0.05, 0.1) is 29.4 Å². The Morgan fingerprint density at radius 1 is 1.48 bits per heavy atom. The molecule has 25 heavy (non-hydrogen) atoms. The monoisotopic (exact) mass is 370 g/mol. The fourth-order valence-corrected chi connectivity index (χ4v) is 3.58. The van der Waals surface area contributed by atoms with Crippen molar-refractivity contribution in [3.05, 3.63) is 28.7 Å². The normalized spacial score (nSPS) is 18.1. The summed E-state index contributed by atoms with van der Waals surface area (Å²) < 4.78 is 28.2. The largest absolute Gasteiger partial charge is 0.496 e. The molecule has 0 saturated carbocycles. The van der Waals surface area contributed by atoms with Gasteiger partial charge in [0.2, 0.25) is 10.0 Å². The number of sulfonamides is 1. The van der Waals surface area contributed by atoms with Gasteiger partial charge in [-0.15, -0.1) is 4.91 Å². The van der Waals surface area contributed by atoms with E-state index < -0.39 is 15.9 Å². The lowest BCUT2D eigenvalue weighted by atomic mass is 10.1. The SMILES string of the molecule is CCN1CCCC1CN(N=O)C(=O)c1cc(S(N)(=O)=O)ccc1OC. The Kier molecular flexibility index (Phi) is 6.09. The van der Waals surface area contributed by atoms with Gasteiger partial charge in [-0.1, -0.05) is 6.92 Å². The van der Waals surface area contributed by atoms with Crippen molar-refractivity contribution < 1.29 is 17.9 Å². The summed E-state index contributed by atoms with van der Waals surface area (Å²) in [5, 5.41) is 8.75. The number of carbonyl (C=O) groups excluding carboxylic acids is 1. The summed E-state index contributed by atoms with van der Waals surface area (Å²) in [5.41, 5.74) is -0.0744. The minimum atomic E-state index is -3.99. The zero-order valence-corrected chi connectivity index (χ0v) is 15.0. The Balaban J connectivity index is 2.31. The molecule has 0 radical (unpaired) electrons. The first kappa shape index (κ1) is 19.3. The third-order valence-corrected chi connectivity index (χ3v) is 5.26. The number of primary sulfonamides is 1. The predicted molar refractivity (Wildman–Crippen MR) is 91.5 cm³/mol. The van der Waals surface area contributed by atoms with E-state index in [9.17, 15) is 18.1 Å². The number of amides is 1. The van der Waals surface area contributed by atoms with Crippen LogP contribution >= 0.6 is 0 Å². The van der Waals surface area contributed by atoms with Gasteiger partial charge in [-0.2, -0.15) is 5.01 Å². The highest BCUT2D eigenvalue weighted by atomic mass is 32.2. The lowest BCUT2D eigenvalue weighted by Gasteiger charge is -2.26. The number of benzene rings is 1. The van der Waals surface area contributed by atoms with Crippen molar-refractivity contribution in [1.29, 1.82) is 0 Å². The molecular weight excluding hydrogens is 348 g/mol. The average molecular weight is 370 g/mol. The van der Waals surface area contributed by atoms with Crippen molar-refractivity contribution in [1.82, 2.24) is 9.91 Å². The number of nitrogens with two attached hydrogens (primary N) is 1. The van der Waals surface area contributed by atoms with Crippen LogP contribution < -0.4 is 9.88 Å². The molecule has 1 aromatic rings. The maximum absolute atomic E-state index is 12.7. The molecule has 1 aliphatic rings. The van der Waals surface area contributed by atoms with Crippen LogP contribution in [0.25, 0.3) is 0 Å². The highest BCUT2D eigenvalue weighted by Crippen LogP contribution is 2.25. The molecule has 1 aliphatic heterocycles. The number of hydrogen-bond donors (Lipinski definition) is 1. The van der Waals surface area contributed by atoms with Crippen LogP contribution in [0.3, 0.4) is 0 Å². The molecule has 1 unspecified atom stereocenters. The molecule has 2 rings (SSSR count). The Hall–Kier alpha value is -2.04. The Morgan fingerprint density at radius 2 is 2.20 bits per heavy atom. The van der Waals surface area contributed by atoms with Gasteiger partial charge in [-0.25, -0.2) is 13.6 Å². The smallest absolute Gasteiger partial charge is 0.280 e. The average Bonchev–Trinajstić information content (AvgIpc) is 3.04. The van der Waals surface area contributed by atoms with Crippen LogP contribution in [0.4, 0.5) is 0 Å². The maximum atomic E-state index is 12.7. The van der Waals surface area contributed by atoms with Gasteiger partial charge in [0, 0.05) is 6.04 Å². The van der Waals surface area contributed by atoms with Crippen LogP contribution in [0.15, 0.2) is 28.4 Å². The molecular formula is C15H22N4O5S. The predicted octanol–water partition coefficient (Wildman–Crippen LogP) is 0.951. The Morgan fingerprint density at radius 3 is 2.76 bits per heavy atom. The number of rotatable bonds is 7. The number of methoxy groups -OCH3 is 1. The Bertz CT molecular complexity index is 752. The van der Waals surface area contributed by atoms with Crippen LogP contribution in [-0.4, -0.2) is 57.0 Å². The van der Waals surface area contributed by atoms with Crippen molar-refractivity contribution in [2.24, 2.45) is 10.4 Å². The maximum Gasteiger partial charge on any atom is 0.280 e. The van der Waals surface area contributed by atoms with E-state index in [1.54, 1.807) is 0 Å². The molecule has 9 nitrogen and oxygen atoms in total. The molecule has 10 heteroatoms. The summed E-state index contributed by atoms with van der Waals surface area (Å²) in [6.07, 6.45) is 1.85. The quantitative estimate of drug-likeness (QED) is 0.563. The van der Waals surface area contributed by atoms with Gasteiger partial charge in [0.25, 0.3) is 5.91 Å².